The number of rotatable bonds is 4. The fourth-order valence-electron chi connectivity index (χ4n) is 9.18. The van der Waals surface area contributed by atoms with E-state index in [1.54, 1.807) is 0 Å². The summed E-state index contributed by atoms with van der Waals surface area (Å²) in [6.07, 6.45) is 11.6. The number of pyridine rings is 1. The molecule has 5 rings (SSSR count). The van der Waals surface area contributed by atoms with E-state index in [1.807, 2.05) is 19.1 Å². The van der Waals surface area contributed by atoms with Gasteiger partial charge in [0.1, 0.15) is 5.78 Å². The summed E-state index contributed by atoms with van der Waals surface area (Å²) < 4.78 is 0. The van der Waals surface area contributed by atoms with Gasteiger partial charge in [-0.3, -0.25) is 9.78 Å². The maximum atomic E-state index is 13.6. The van der Waals surface area contributed by atoms with E-state index < -0.39 is 5.60 Å². The van der Waals surface area contributed by atoms with Crippen LogP contribution in [0.3, 0.4) is 0 Å². The van der Waals surface area contributed by atoms with Gasteiger partial charge in [-0.1, -0.05) is 32.4 Å². The Labute approximate surface area is 205 Å². The molecule has 4 aliphatic rings. The maximum absolute atomic E-state index is 13.6. The molecule has 0 saturated heterocycles. The monoisotopic (exact) mass is 471 g/mol. The lowest BCUT2D eigenvalue weighted by atomic mass is 9.43. The number of aliphatic hydroxyl groups is 1. The maximum Gasteiger partial charge on any atom is 0.142 e. The van der Waals surface area contributed by atoms with Crippen LogP contribution in [-0.4, -0.2) is 21.5 Å². The summed E-state index contributed by atoms with van der Waals surface area (Å²) in [6, 6.07) is 3.79. The van der Waals surface area contributed by atoms with Gasteiger partial charge in [-0.05, 0) is 118 Å². The standard InChI is InChI=1S/C29H42ClNO2/c1-5-29(33)15-14-27(3)19(17-29)7-8-20-21-9-10-23(28(21,4)13-12-22(20)27)26(32)16-25-24(30)11-6-18(2)31-25/h6,11,19-23,33H,5,7-10,12-17H2,1-4H3/t19-,20+,21+,22+,23-,27+,28+,29-/m1/s1. The molecule has 4 aliphatic carbocycles. The third-order valence-electron chi connectivity index (χ3n) is 11.3. The van der Waals surface area contributed by atoms with Crippen LogP contribution in [0.2, 0.25) is 5.02 Å². The zero-order chi connectivity index (χ0) is 23.6. The van der Waals surface area contributed by atoms with Crippen molar-refractivity contribution in [2.24, 2.45) is 40.4 Å². The van der Waals surface area contributed by atoms with Crippen molar-refractivity contribution in [2.45, 2.75) is 104 Å². The van der Waals surface area contributed by atoms with Gasteiger partial charge in [0.2, 0.25) is 0 Å². The number of hydrogen-bond donors (Lipinski definition) is 1. The quantitative estimate of drug-likeness (QED) is 0.516. The Morgan fingerprint density at radius 3 is 2.58 bits per heavy atom. The molecule has 1 aromatic heterocycles. The van der Waals surface area contributed by atoms with Gasteiger partial charge >= 0.3 is 0 Å². The minimum atomic E-state index is -0.434. The molecule has 0 aromatic carbocycles. The molecule has 33 heavy (non-hydrogen) atoms. The van der Waals surface area contributed by atoms with E-state index in [9.17, 15) is 9.90 Å². The van der Waals surface area contributed by atoms with Crippen LogP contribution in [0.25, 0.3) is 0 Å². The van der Waals surface area contributed by atoms with Crippen LogP contribution in [0.4, 0.5) is 0 Å². The lowest BCUT2D eigenvalue weighted by Crippen LogP contribution is -2.56. The van der Waals surface area contributed by atoms with Crippen LogP contribution < -0.4 is 0 Å². The van der Waals surface area contributed by atoms with Crippen LogP contribution in [0, 0.1) is 47.3 Å². The van der Waals surface area contributed by atoms with Crippen LogP contribution in [0.1, 0.15) is 96.4 Å². The number of fused-ring (bicyclic) bond motifs is 5. The molecule has 4 fully saturated rings. The van der Waals surface area contributed by atoms with Gasteiger partial charge in [0.25, 0.3) is 0 Å². The normalized spacial score (nSPS) is 44.6. The summed E-state index contributed by atoms with van der Waals surface area (Å²) in [5.41, 5.74) is 1.73. The predicted octanol–water partition coefficient (Wildman–Crippen LogP) is 6.96. The average molecular weight is 472 g/mol. The minimum Gasteiger partial charge on any atom is -0.390 e. The van der Waals surface area contributed by atoms with Crippen molar-refractivity contribution >= 4 is 17.4 Å². The van der Waals surface area contributed by atoms with Crippen molar-refractivity contribution in [3.63, 3.8) is 0 Å². The third kappa shape index (κ3) is 3.80. The number of aryl methyl sites for hydroxylation is 1. The lowest BCUT2D eigenvalue weighted by molar-refractivity contribution is -0.154. The first-order valence-corrected chi connectivity index (χ1v) is 13.8. The number of carbonyl (C=O) groups is 1. The molecule has 0 amide bonds. The summed E-state index contributed by atoms with van der Waals surface area (Å²) >= 11 is 6.39. The van der Waals surface area contributed by atoms with E-state index in [0.717, 1.165) is 48.9 Å². The highest BCUT2D eigenvalue weighted by Gasteiger charge is 2.61. The fourth-order valence-corrected chi connectivity index (χ4v) is 9.35. The second-order valence-corrected chi connectivity index (χ2v) is 13.0. The molecule has 182 valence electrons. The Morgan fingerprint density at radius 1 is 1.06 bits per heavy atom. The smallest absolute Gasteiger partial charge is 0.142 e. The Bertz CT molecular complexity index is 932. The van der Waals surface area contributed by atoms with Crippen LogP contribution >= 0.6 is 11.6 Å². The molecule has 0 aliphatic heterocycles. The highest BCUT2D eigenvalue weighted by Crippen LogP contribution is 2.68. The Hall–Kier alpha value is -0.930. The second kappa shape index (κ2) is 8.33. The molecule has 3 nitrogen and oxygen atoms in total. The van der Waals surface area contributed by atoms with E-state index in [0.29, 0.717) is 34.5 Å². The number of ketones is 1. The molecule has 0 radical (unpaired) electrons. The van der Waals surface area contributed by atoms with Crippen molar-refractivity contribution in [1.29, 1.82) is 0 Å². The first kappa shape index (κ1) is 23.8. The van der Waals surface area contributed by atoms with Crippen molar-refractivity contribution in [3.8, 4) is 0 Å². The van der Waals surface area contributed by atoms with Gasteiger partial charge in [-0.25, -0.2) is 0 Å². The summed E-state index contributed by atoms with van der Waals surface area (Å²) in [5, 5.41) is 11.6. The Balaban J connectivity index is 1.34. The lowest BCUT2D eigenvalue weighted by Gasteiger charge is -2.62. The second-order valence-electron chi connectivity index (χ2n) is 12.6. The number of aromatic nitrogens is 1. The number of hydrogen-bond acceptors (Lipinski definition) is 3. The predicted molar refractivity (Wildman–Crippen MR) is 133 cm³/mol. The molecule has 4 saturated carbocycles. The van der Waals surface area contributed by atoms with E-state index in [4.69, 9.17) is 11.6 Å². The van der Waals surface area contributed by atoms with Crippen molar-refractivity contribution in [3.05, 3.63) is 28.5 Å². The molecular weight excluding hydrogens is 430 g/mol. The molecular formula is C29H42ClNO2. The minimum absolute atomic E-state index is 0.122. The highest BCUT2D eigenvalue weighted by atomic mass is 35.5. The molecule has 8 atom stereocenters. The van der Waals surface area contributed by atoms with E-state index in [1.165, 1.54) is 38.5 Å². The van der Waals surface area contributed by atoms with Crippen molar-refractivity contribution < 1.29 is 9.90 Å². The number of carbonyl (C=O) groups excluding carboxylic acids is 1. The molecule has 1 N–H and O–H groups in total. The first-order valence-electron chi connectivity index (χ1n) is 13.5. The van der Waals surface area contributed by atoms with Crippen LogP contribution in [0.5, 0.6) is 0 Å². The number of nitrogens with zero attached hydrogens (tertiary/aromatic N) is 1. The molecule has 4 heteroatoms. The molecule has 1 heterocycles. The zero-order valence-corrected chi connectivity index (χ0v) is 21.8. The first-order chi connectivity index (χ1) is 15.6. The topological polar surface area (TPSA) is 50.2 Å². The number of Topliss-reactive ketones (excluding diaryl/α,β-unsaturated/α-hetero) is 1. The molecule has 1 aromatic rings. The van der Waals surface area contributed by atoms with E-state index >= 15 is 0 Å². The highest BCUT2D eigenvalue weighted by molar-refractivity contribution is 6.31. The van der Waals surface area contributed by atoms with Gasteiger partial charge in [0, 0.05) is 11.6 Å². The largest absolute Gasteiger partial charge is 0.390 e. The van der Waals surface area contributed by atoms with Gasteiger partial charge in [-0.15, -0.1) is 0 Å². The summed E-state index contributed by atoms with van der Waals surface area (Å²) in [7, 11) is 0. The van der Waals surface area contributed by atoms with Crippen molar-refractivity contribution in [1.82, 2.24) is 4.98 Å². The fraction of sp³-hybridized carbons (Fsp3) is 0.793. The van der Waals surface area contributed by atoms with E-state index in [2.05, 4.69) is 25.8 Å². The van der Waals surface area contributed by atoms with Gasteiger partial charge in [0.05, 0.1) is 22.7 Å². The van der Waals surface area contributed by atoms with Crippen LogP contribution in [-0.2, 0) is 11.2 Å². The van der Waals surface area contributed by atoms with E-state index in [-0.39, 0.29) is 11.3 Å². The van der Waals surface area contributed by atoms with Gasteiger partial charge in [-0.2, -0.15) is 0 Å². The Kier molecular flexibility index (Phi) is 6.01. The van der Waals surface area contributed by atoms with Gasteiger partial charge in [0.15, 0.2) is 0 Å². The third-order valence-corrected chi connectivity index (χ3v) is 11.6. The number of halogens is 1. The summed E-state index contributed by atoms with van der Waals surface area (Å²) in [5.74, 6) is 3.33. The summed E-state index contributed by atoms with van der Waals surface area (Å²) in [6.45, 7) is 9.09. The zero-order valence-electron chi connectivity index (χ0n) is 21.0. The SMILES string of the molecule is CC[C@@]1(O)CC[C@@]2(C)[C@H](CC[C@@H]3[C@@H]2CC[C@]2(C)[C@@H](C(=O)Cc4nc(C)ccc4Cl)CC[C@@H]32)C1. The Morgan fingerprint density at radius 2 is 1.82 bits per heavy atom. The van der Waals surface area contributed by atoms with Gasteiger partial charge < -0.3 is 5.11 Å². The average Bonchev–Trinajstić information content (AvgIpc) is 3.14. The van der Waals surface area contributed by atoms with Crippen LogP contribution in [0.15, 0.2) is 12.1 Å². The van der Waals surface area contributed by atoms with Crippen molar-refractivity contribution in [2.75, 3.05) is 0 Å². The molecule has 0 unspecified atom stereocenters. The molecule has 0 spiro atoms. The molecule has 0 bridgehead atoms. The summed E-state index contributed by atoms with van der Waals surface area (Å²) in [4.78, 5) is 18.1.